The number of nitrogens with two attached hydrogens (primary N) is 1. The van der Waals surface area contributed by atoms with Gasteiger partial charge in [0.1, 0.15) is 5.82 Å². The molecule has 2 N–H and O–H groups in total. The minimum Gasteiger partial charge on any atom is -0.352 e. The fraction of sp³-hybridized carbons (Fsp3) is 0.556. The molecule has 0 unspecified atom stereocenters. The Hall–Kier alpha value is -1.16. The van der Waals surface area contributed by atoms with Gasteiger partial charge in [0.25, 0.3) is 0 Å². The van der Waals surface area contributed by atoms with Crippen molar-refractivity contribution in [2.75, 3.05) is 18.0 Å². The SMILES string of the molecule is CC(C)N(CCN)c1cnccn1. The summed E-state index contributed by atoms with van der Waals surface area (Å²) in [6.07, 6.45) is 5.13. The van der Waals surface area contributed by atoms with E-state index in [1.165, 1.54) is 0 Å². The molecule has 1 aromatic heterocycles. The summed E-state index contributed by atoms with van der Waals surface area (Å²) in [5.74, 6) is 0.892. The van der Waals surface area contributed by atoms with E-state index in [9.17, 15) is 0 Å². The first kappa shape index (κ1) is 9.92. The molecule has 1 aromatic rings. The van der Waals surface area contributed by atoms with Crippen molar-refractivity contribution in [2.45, 2.75) is 19.9 Å². The summed E-state index contributed by atoms with van der Waals surface area (Å²) in [5.41, 5.74) is 5.51. The molecule has 0 aliphatic carbocycles. The van der Waals surface area contributed by atoms with Crippen LogP contribution in [0.5, 0.6) is 0 Å². The van der Waals surface area contributed by atoms with Crippen molar-refractivity contribution in [3.8, 4) is 0 Å². The maximum Gasteiger partial charge on any atom is 0.147 e. The molecule has 1 heterocycles. The predicted molar refractivity (Wildman–Crippen MR) is 53.6 cm³/mol. The molecule has 0 aromatic carbocycles. The topological polar surface area (TPSA) is 55.0 Å². The van der Waals surface area contributed by atoms with Crippen LogP contribution in [0, 0.1) is 0 Å². The first-order valence-electron chi connectivity index (χ1n) is 4.48. The van der Waals surface area contributed by atoms with Gasteiger partial charge in [-0.3, -0.25) is 4.98 Å². The Balaban J connectivity index is 2.76. The zero-order valence-electron chi connectivity index (χ0n) is 8.14. The van der Waals surface area contributed by atoms with E-state index < -0.39 is 0 Å². The molecular weight excluding hydrogens is 164 g/mol. The average molecular weight is 180 g/mol. The third kappa shape index (κ3) is 2.66. The molecule has 0 atom stereocenters. The molecule has 13 heavy (non-hydrogen) atoms. The summed E-state index contributed by atoms with van der Waals surface area (Å²) in [6, 6.07) is 0.403. The van der Waals surface area contributed by atoms with E-state index in [-0.39, 0.29) is 0 Å². The van der Waals surface area contributed by atoms with Gasteiger partial charge in [0.05, 0.1) is 6.20 Å². The van der Waals surface area contributed by atoms with E-state index in [2.05, 4.69) is 28.7 Å². The monoisotopic (exact) mass is 180 g/mol. The van der Waals surface area contributed by atoms with Crippen LogP contribution in [-0.4, -0.2) is 29.1 Å². The summed E-state index contributed by atoms with van der Waals surface area (Å²) in [5, 5.41) is 0. The quantitative estimate of drug-likeness (QED) is 0.739. The fourth-order valence-electron chi connectivity index (χ4n) is 1.22. The van der Waals surface area contributed by atoms with Gasteiger partial charge in [-0.05, 0) is 13.8 Å². The predicted octanol–water partition coefficient (Wildman–Crippen LogP) is 0.650. The lowest BCUT2D eigenvalue weighted by atomic mass is 10.3. The lowest BCUT2D eigenvalue weighted by molar-refractivity contribution is 0.673. The van der Waals surface area contributed by atoms with Crippen molar-refractivity contribution in [1.82, 2.24) is 9.97 Å². The summed E-state index contributed by atoms with van der Waals surface area (Å²) in [4.78, 5) is 10.4. The van der Waals surface area contributed by atoms with Crippen LogP contribution in [0.25, 0.3) is 0 Å². The summed E-state index contributed by atoms with van der Waals surface area (Å²) >= 11 is 0. The van der Waals surface area contributed by atoms with Crippen molar-refractivity contribution in [1.29, 1.82) is 0 Å². The number of nitrogens with zero attached hydrogens (tertiary/aromatic N) is 3. The van der Waals surface area contributed by atoms with Gasteiger partial charge in [-0.25, -0.2) is 4.98 Å². The summed E-state index contributed by atoms with van der Waals surface area (Å²) in [7, 11) is 0. The van der Waals surface area contributed by atoms with Crippen molar-refractivity contribution in [3.63, 3.8) is 0 Å². The average Bonchev–Trinajstić information content (AvgIpc) is 2.15. The first-order chi connectivity index (χ1) is 6.25. The Morgan fingerprint density at radius 3 is 2.69 bits per heavy atom. The lowest BCUT2D eigenvalue weighted by Gasteiger charge is -2.26. The Labute approximate surface area is 78.8 Å². The van der Waals surface area contributed by atoms with Crippen molar-refractivity contribution in [2.24, 2.45) is 5.73 Å². The van der Waals surface area contributed by atoms with Crippen molar-refractivity contribution in [3.05, 3.63) is 18.6 Å². The lowest BCUT2D eigenvalue weighted by Crippen LogP contribution is -2.35. The zero-order chi connectivity index (χ0) is 9.68. The molecule has 0 aliphatic rings. The minimum atomic E-state index is 0.403. The van der Waals surface area contributed by atoms with Crippen LogP contribution in [0.15, 0.2) is 18.6 Å². The molecule has 4 nitrogen and oxygen atoms in total. The Morgan fingerprint density at radius 2 is 2.23 bits per heavy atom. The molecular formula is C9H16N4. The molecule has 0 fully saturated rings. The normalized spacial score (nSPS) is 10.5. The molecule has 0 amide bonds. The highest BCUT2D eigenvalue weighted by Crippen LogP contribution is 2.10. The fourth-order valence-corrected chi connectivity index (χ4v) is 1.22. The standard InChI is InChI=1S/C9H16N4/c1-8(2)13(6-3-10)9-7-11-4-5-12-9/h4-5,7-8H,3,6,10H2,1-2H3. The van der Waals surface area contributed by atoms with E-state index in [0.29, 0.717) is 12.6 Å². The summed E-state index contributed by atoms with van der Waals surface area (Å²) < 4.78 is 0. The molecule has 0 saturated carbocycles. The van der Waals surface area contributed by atoms with Gasteiger partial charge < -0.3 is 10.6 Å². The van der Waals surface area contributed by atoms with Crippen LogP contribution in [0.3, 0.4) is 0 Å². The molecule has 0 saturated heterocycles. The van der Waals surface area contributed by atoms with E-state index in [0.717, 1.165) is 12.4 Å². The van der Waals surface area contributed by atoms with E-state index >= 15 is 0 Å². The van der Waals surface area contributed by atoms with Gasteiger partial charge in [0, 0.05) is 31.5 Å². The second-order valence-corrected chi connectivity index (χ2v) is 3.14. The Bertz CT molecular complexity index is 235. The van der Waals surface area contributed by atoms with Crippen LogP contribution >= 0.6 is 0 Å². The Morgan fingerprint density at radius 1 is 1.46 bits per heavy atom. The zero-order valence-corrected chi connectivity index (χ0v) is 8.14. The van der Waals surface area contributed by atoms with Crippen molar-refractivity contribution < 1.29 is 0 Å². The number of hydrogen-bond acceptors (Lipinski definition) is 4. The smallest absolute Gasteiger partial charge is 0.147 e. The van der Waals surface area contributed by atoms with E-state index in [4.69, 9.17) is 5.73 Å². The second-order valence-electron chi connectivity index (χ2n) is 3.14. The molecule has 1 rings (SSSR count). The number of rotatable bonds is 4. The van der Waals surface area contributed by atoms with Crippen molar-refractivity contribution >= 4 is 5.82 Å². The third-order valence-electron chi connectivity index (χ3n) is 1.84. The number of aromatic nitrogens is 2. The van der Waals surface area contributed by atoms with Crippen LogP contribution in [0.1, 0.15) is 13.8 Å². The van der Waals surface area contributed by atoms with E-state index in [1.807, 2.05) is 0 Å². The molecule has 0 bridgehead atoms. The largest absolute Gasteiger partial charge is 0.352 e. The van der Waals surface area contributed by atoms with Crippen LogP contribution < -0.4 is 10.6 Å². The van der Waals surface area contributed by atoms with Crippen LogP contribution in [-0.2, 0) is 0 Å². The van der Waals surface area contributed by atoms with Crippen LogP contribution in [0.4, 0.5) is 5.82 Å². The highest BCUT2D eigenvalue weighted by molar-refractivity contribution is 5.35. The molecule has 72 valence electrons. The second kappa shape index (κ2) is 4.77. The van der Waals surface area contributed by atoms with Gasteiger partial charge in [-0.15, -0.1) is 0 Å². The molecule has 0 radical (unpaired) electrons. The highest BCUT2D eigenvalue weighted by atomic mass is 15.2. The van der Waals surface area contributed by atoms with Gasteiger partial charge >= 0.3 is 0 Å². The van der Waals surface area contributed by atoms with Gasteiger partial charge in [-0.1, -0.05) is 0 Å². The maximum atomic E-state index is 5.51. The summed E-state index contributed by atoms with van der Waals surface area (Å²) in [6.45, 7) is 5.68. The minimum absolute atomic E-state index is 0.403. The first-order valence-corrected chi connectivity index (χ1v) is 4.48. The number of hydrogen-bond donors (Lipinski definition) is 1. The van der Waals surface area contributed by atoms with E-state index in [1.54, 1.807) is 18.6 Å². The van der Waals surface area contributed by atoms with Gasteiger partial charge in [-0.2, -0.15) is 0 Å². The van der Waals surface area contributed by atoms with Crippen LogP contribution in [0.2, 0.25) is 0 Å². The number of anilines is 1. The molecule has 0 aliphatic heterocycles. The highest BCUT2D eigenvalue weighted by Gasteiger charge is 2.09. The molecule has 0 spiro atoms. The molecule has 4 heteroatoms. The Kier molecular flexibility index (Phi) is 3.64. The maximum absolute atomic E-state index is 5.51. The van der Waals surface area contributed by atoms with Gasteiger partial charge in [0.15, 0.2) is 0 Å². The van der Waals surface area contributed by atoms with Gasteiger partial charge in [0.2, 0.25) is 0 Å². The third-order valence-corrected chi connectivity index (χ3v) is 1.84.